The van der Waals surface area contributed by atoms with Crippen molar-refractivity contribution in [2.24, 2.45) is 0 Å². The lowest BCUT2D eigenvalue weighted by molar-refractivity contribution is -0.135. The molecule has 150 valence electrons. The molecule has 1 atom stereocenters. The van der Waals surface area contributed by atoms with Crippen LogP contribution in [0.1, 0.15) is 29.6 Å². The zero-order valence-corrected chi connectivity index (χ0v) is 16.2. The smallest absolute Gasteiger partial charge is 0.254 e. The molecule has 4 rings (SSSR count). The zero-order chi connectivity index (χ0) is 19.7. The molecule has 3 aliphatic heterocycles. The molecule has 1 aromatic carbocycles. The number of likely N-dealkylation sites (tertiary alicyclic amines) is 1. The van der Waals surface area contributed by atoms with Gasteiger partial charge in [-0.05, 0) is 31.0 Å². The van der Waals surface area contributed by atoms with E-state index in [9.17, 15) is 14.4 Å². The fourth-order valence-electron chi connectivity index (χ4n) is 4.29. The molecular formula is C20H27N5O3. The summed E-state index contributed by atoms with van der Waals surface area (Å²) in [6, 6.07) is 5.58. The van der Waals surface area contributed by atoms with Gasteiger partial charge in [-0.3, -0.25) is 14.4 Å². The molecule has 0 radical (unpaired) electrons. The van der Waals surface area contributed by atoms with Crippen molar-refractivity contribution >= 4 is 29.1 Å². The lowest BCUT2D eigenvalue weighted by Gasteiger charge is -2.41. The van der Waals surface area contributed by atoms with Gasteiger partial charge in [-0.2, -0.15) is 0 Å². The summed E-state index contributed by atoms with van der Waals surface area (Å²) in [6.07, 6.45) is 2.25. The molecule has 3 amide bonds. The zero-order valence-electron chi connectivity index (χ0n) is 16.2. The van der Waals surface area contributed by atoms with Crippen LogP contribution in [0.5, 0.6) is 0 Å². The molecule has 3 heterocycles. The van der Waals surface area contributed by atoms with Gasteiger partial charge in [-0.25, -0.2) is 0 Å². The number of piperidine rings is 1. The Bertz CT molecular complexity index is 796. The van der Waals surface area contributed by atoms with Crippen LogP contribution in [0.15, 0.2) is 18.2 Å². The van der Waals surface area contributed by atoms with E-state index in [4.69, 9.17) is 0 Å². The predicted molar refractivity (Wildman–Crippen MR) is 106 cm³/mol. The van der Waals surface area contributed by atoms with Gasteiger partial charge in [0.1, 0.15) is 0 Å². The predicted octanol–water partition coefficient (Wildman–Crippen LogP) is 0.501. The van der Waals surface area contributed by atoms with Crippen LogP contribution in [-0.2, 0) is 9.59 Å². The van der Waals surface area contributed by atoms with Crippen LogP contribution in [0.25, 0.3) is 0 Å². The van der Waals surface area contributed by atoms with Gasteiger partial charge < -0.3 is 25.3 Å². The molecule has 28 heavy (non-hydrogen) atoms. The molecule has 8 nitrogen and oxygen atoms in total. The number of carbonyl (C=O) groups is 3. The van der Waals surface area contributed by atoms with E-state index in [1.807, 2.05) is 33.9 Å². The maximum Gasteiger partial charge on any atom is 0.254 e. The maximum atomic E-state index is 13.1. The molecule has 1 unspecified atom stereocenters. The highest BCUT2D eigenvalue weighted by Gasteiger charge is 2.32. The second kappa shape index (κ2) is 7.79. The second-order valence-corrected chi connectivity index (χ2v) is 7.76. The number of nitrogens with zero attached hydrogens (tertiary/aromatic N) is 3. The molecule has 2 fully saturated rings. The summed E-state index contributed by atoms with van der Waals surface area (Å²) in [5.41, 5.74) is 2.17. The van der Waals surface area contributed by atoms with E-state index >= 15 is 0 Å². The minimum atomic E-state index is -0.0452. The Labute approximate surface area is 164 Å². The monoisotopic (exact) mass is 385 g/mol. The molecule has 2 saturated heterocycles. The lowest BCUT2D eigenvalue weighted by atomic mass is 10.0. The van der Waals surface area contributed by atoms with Crippen molar-refractivity contribution in [3.63, 3.8) is 0 Å². The minimum absolute atomic E-state index is 0.0366. The highest BCUT2D eigenvalue weighted by Crippen LogP contribution is 2.30. The van der Waals surface area contributed by atoms with E-state index in [1.54, 1.807) is 6.07 Å². The fourth-order valence-corrected chi connectivity index (χ4v) is 4.29. The summed E-state index contributed by atoms with van der Waals surface area (Å²) >= 11 is 0. The maximum absolute atomic E-state index is 13.1. The summed E-state index contributed by atoms with van der Waals surface area (Å²) in [5.74, 6) is 0.0306. The van der Waals surface area contributed by atoms with E-state index in [-0.39, 0.29) is 23.8 Å². The second-order valence-electron chi connectivity index (χ2n) is 7.76. The van der Waals surface area contributed by atoms with Crippen molar-refractivity contribution in [1.82, 2.24) is 15.1 Å². The number of anilines is 2. The highest BCUT2D eigenvalue weighted by molar-refractivity contribution is 6.01. The molecule has 8 heteroatoms. The van der Waals surface area contributed by atoms with Gasteiger partial charge in [0.15, 0.2) is 0 Å². The molecule has 2 N–H and O–H groups in total. The fraction of sp³-hybridized carbons (Fsp3) is 0.550. The van der Waals surface area contributed by atoms with E-state index in [1.165, 1.54) is 0 Å². The molecule has 0 saturated carbocycles. The van der Waals surface area contributed by atoms with Gasteiger partial charge in [0.2, 0.25) is 11.8 Å². The average molecular weight is 385 g/mol. The van der Waals surface area contributed by atoms with E-state index in [0.717, 1.165) is 25.1 Å². The number of rotatable bonds is 2. The van der Waals surface area contributed by atoms with Gasteiger partial charge in [0, 0.05) is 57.8 Å². The molecule has 3 aliphatic rings. The van der Waals surface area contributed by atoms with Crippen LogP contribution < -0.4 is 15.5 Å². The Morgan fingerprint density at radius 2 is 2.04 bits per heavy atom. The van der Waals surface area contributed by atoms with Crippen LogP contribution >= 0.6 is 0 Å². The third kappa shape index (κ3) is 3.69. The number of fused-ring (bicyclic) bond motifs is 1. The highest BCUT2D eigenvalue weighted by atomic mass is 16.2. The number of amides is 3. The summed E-state index contributed by atoms with van der Waals surface area (Å²) in [7, 11) is 1.94. The van der Waals surface area contributed by atoms with Crippen molar-refractivity contribution in [3.8, 4) is 0 Å². The van der Waals surface area contributed by atoms with Gasteiger partial charge >= 0.3 is 0 Å². The average Bonchev–Trinajstić information content (AvgIpc) is 2.85. The molecule has 0 aliphatic carbocycles. The van der Waals surface area contributed by atoms with Gasteiger partial charge in [0.25, 0.3) is 5.91 Å². The first-order chi connectivity index (χ1) is 13.5. The van der Waals surface area contributed by atoms with Crippen molar-refractivity contribution < 1.29 is 14.4 Å². The molecule has 0 bridgehead atoms. The first-order valence-electron chi connectivity index (χ1n) is 9.97. The van der Waals surface area contributed by atoms with E-state index < -0.39 is 0 Å². The van der Waals surface area contributed by atoms with E-state index in [0.29, 0.717) is 50.4 Å². The Kier molecular flexibility index (Phi) is 5.21. The normalized spacial score (nSPS) is 23.2. The van der Waals surface area contributed by atoms with E-state index in [2.05, 4.69) is 10.6 Å². The van der Waals surface area contributed by atoms with Gasteiger partial charge in [-0.1, -0.05) is 0 Å². The Morgan fingerprint density at radius 1 is 1.18 bits per heavy atom. The standard InChI is InChI=1S/C20H27N5O3/c1-23-9-6-18(26)22-16-11-14(4-5-17(16)23)20(28)24-8-2-3-15(13-24)25-10-7-21-12-19(25)27/h4-5,11,15,21H,2-3,6-10,12-13H2,1H3,(H,22,26). The lowest BCUT2D eigenvalue weighted by Crippen LogP contribution is -2.57. The van der Waals surface area contributed by atoms with Crippen LogP contribution in [0, 0.1) is 0 Å². The van der Waals surface area contributed by atoms with Gasteiger partial charge in [-0.15, -0.1) is 0 Å². The van der Waals surface area contributed by atoms with Crippen LogP contribution in [0.2, 0.25) is 0 Å². The number of hydrogen-bond donors (Lipinski definition) is 2. The third-order valence-corrected chi connectivity index (χ3v) is 5.85. The molecular weight excluding hydrogens is 358 g/mol. The SMILES string of the molecule is CN1CCC(=O)Nc2cc(C(=O)N3CCCC(N4CCNCC4=O)C3)ccc21. The quantitative estimate of drug-likeness (QED) is 0.775. The molecule has 1 aromatic rings. The topological polar surface area (TPSA) is 85.0 Å². The summed E-state index contributed by atoms with van der Waals surface area (Å²) in [6.45, 7) is 3.78. The van der Waals surface area contributed by atoms with Crippen molar-refractivity contribution in [2.75, 3.05) is 56.5 Å². The van der Waals surface area contributed by atoms with Crippen LogP contribution in [-0.4, -0.2) is 79.9 Å². The number of nitrogens with one attached hydrogen (secondary N) is 2. The first-order valence-corrected chi connectivity index (χ1v) is 9.97. The van der Waals surface area contributed by atoms with Crippen molar-refractivity contribution in [1.29, 1.82) is 0 Å². The summed E-state index contributed by atoms with van der Waals surface area (Å²) < 4.78 is 0. The van der Waals surface area contributed by atoms with Crippen molar-refractivity contribution in [2.45, 2.75) is 25.3 Å². The Balaban J connectivity index is 1.51. The number of hydrogen-bond acceptors (Lipinski definition) is 5. The van der Waals surface area contributed by atoms with Crippen LogP contribution in [0.4, 0.5) is 11.4 Å². The third-order valence-electron chi connectivity index (χ3n) is 5.85. The Morgan fingerprint density at radius 3 is 2.86 bits per heavy atom. The summed E-state index contributed by atoms with van der Waals surface area (Å²) in [5, 5.41) is 6.00. The molecule has 0 spiro atoms. The number of carbonyl (C=O) groups excluding carboxylic acids is 3. The van der Waals surface area contributed by atoms with Crippen LogP contribution in [0.3, 0.4) is 0 Å². The van der Waals surface area contributed by atoms with Crippen molar-refractivity contribution in [3.05, 3.63) is 23.8 Å². The van der Waals surface area contributed by atoms with Gasteiger partial charge in [0.05, 0.1) is 17.9 Å². The largest absolute Gasteiger partial charge is 0.372 e. The molecule has 0 aromatic heterocycles. The summed E-state index contributed by atoms with van der Waals surface area (Å²) in [4.78, 5) is 43.1. The minimum Gasteiger partial charge on any atom is -0.372 e. The number of piperazine rings is 1. The number of benzene rings is 1. The Hall–Kier alpha value is -2.61. The first kappa shape index (κ1) is 18.7.